The average molecular weight is 149 g/mol. The third kappa shape index (κ3) is 0.756. The number of carbonyl (C=O) groups excluding carboxylic acids is 1. The van der Waals surface area contributed by atoms with E-state index in [4.69, 9.17) is 5.73 Å². The molecule has 0 radical (unpaired) electrons. The van der Waals surface area contributed by atoms with E-state index in [1.165, 1.54) is 0 Å². The van der Waals surface area contributed by atoms with Crippen molar-refractivity contribution >= 4 is 17.9 Å². The maximum Gasteiger partial charge on any atom is 0.246 e. The van der Waals surface area contributed by atoms with Crippen LogP contribution < -0.4 is 5.73 Å². The van der Waals surface area contributed by atoms with E-state index in [0.29, 0.717) is 0 Å². The molecule has 11 heavy (non-hydrogen) atoms. The summed E-state index contributed by atoms with van der Waals surface area (Å²) in [5, 5.41) is 0. The molecule has 1 amide bonds. The second-order valence-electron chi connectivity index (χ2n) is 2.40. The van der Waals surface area contributed by atoms with Gasteiger partial charge in [-0.05, 0) is 12.1 Å². The van der Waals surface area contributed by atoms with Gasteiger partial charge in [-0.25, -0.2) is 4.99 Å². The Morgan fingerprint density at radius 1 is 1.73 bits per heavy atom. The fraction of sp³-hybridized carbons (Fsp3) is 0.143. The summed E-state index contributed by atoms with van der Waals surface area (Å²) in [7, 11) is 0. The minimum absolute atomic E-state index is 0.372. The van der Waals surface area contributed by atoms with Gasteiger partial charge in [0.05, 0.1) is 0 Å². The monoisotopic (exact) mass is 149 g/mol. The van der Waals surface area contributed by atoms with Gasteiger partial charge in [0, 0.05) is 12.4 Å². The van der Waals surface area contributed by atoms with Crippen molar-refractivity contribution in [2.45, 2.75) is 6.04 Å². The van der Waals surface area contributed by atoms with Crippen LogP contribution in [0.1, 0.15) is 6.04 Å². The normalized spacial score (nSPS) is 20.2. The average Bonchev–Trinajstić information content (AvgIpc) is 2.41. The number of amides is 1. The summed E-state index contributed by atoms with van der Waals surface area (Å²) < 4.78 is 1.74. The zero-order chi connectivity index (χ0) is 7.84. The fourth-order valence-electron chi connectivity index (χ4n) is 1.16. The molecule has 1 unspecified atom stereocenters. The highest BCUT2D eigenvalue weighted by atomic mass is 16.1. The first-order valence-electron chi connectivity index (χ1n) is 3.29. The summed E-state index contributed by atoms with van der Waals surface area (Å²) in [5.74, 6) is 0.414. The van der Waals surface area contributed by atoms with E-state index in [1.807, 2.05) is 12.1 Å². The van der Waals surface area contributed by atoms with E-state index in [1.54, 1.807) is 17.0 Å². The maximum atomic E-state index is 10.8. The van der Waals surface area contributed by atoms with Crippen molar-refractivity contribution in [3.63, 3.8) is 0 Å². The van der Waals surface area contributed by atoms with E-state index < -0.39 is 0 Å². The van der Waals surface area contributed by atoms with E-state index in [-0.39, 0.29) is 11.9 Å². The van der Waals surface area contributed by atoms with Crippen LogP contribution in [0.5, 0.6) is 0 Å². The molecule has 2 rings (SSSR count). The minimum Gasteiger partial charge on any atom is -0.368 e. The Hall–Kier alpha value is -1.58. The van der Waals surface area contributed by atoms with Crippen molar-refractivity contribution in [2.24, 2.45) is 10.7 Å². The highest BCUT2D eigenvalue weighted by Gasteiger charge is 2.20. The molecule has 1 atom stereocenters. The third-order valence-corrected chi connectivity index (χ3v) is 1.70. The molecule has 1 aromatic rings. The fourth-order valence-corrected chi connectivity index (χ4v) is 1.16. The molecule has 1 aliphatic rings. The van der Waals surface area contributed by atoms with Crippen LogP contribution in [0, 0.1) is 0 Å². The van der Waals surface area contributed by atoms with Crippen molar-refractivity contribution in [3.8, 4) is 0 Å². The summed E-state index contributed by atoms with van der Waals surface area (Å²) in [5.41, 5.74) is 5.12. The summed E-state index contributed by atoms with van der Waals surface area (Å²) in [6.45, 7) is 0. The lowest BCUT2D eigenvalue weighted by molar-refractivity contribution is -0.119. The first-order chi connectivity index (χ1) is 5.29. The molecule has 1 aliphatic heterocycles. The standard InChI is InChI=1S/C7H7N3O/c8-7(11)5-4-9-6-2-1-3-10(5)6/h1-5H,(H2,8,11). The Morgan fingerprint density at radius 3 is 3.27 bits per heavy atom. The van der Waals surface area contributed by atoms with Gasteiger partial charge in [-0.1, -0.05) is 0 Å². The van der Waals surface area contributed by atoms with Gasteiger partial charge in [0.2, 0.25) is 5.91 Å². The van der Waals surface area contributed by atoms with Gasteiger partial charge in [-0.15, -0.1) is 0 Å². The van der Waals surface area contributed by atoms with E-state index in [0.717, 1.165) is 5.82 Å². The first kappa shape index (κ1) is 6.15. The third-order valence-electron chi connectivity index (χ3n) is 1.70. The number of nitrogens with two attached hydrogens (primary N) is 1. The summed E-state index contributed by atoms with van der Waals surface area (Å²) >= 11 is 0. The topological polar surface area (TPSA) is 60.4 Å². The summed E-state index contributed by atoms with van der Waals surface area (Å²) in [6.07, 6.45) is 3.34. The lowest BCUT2D eigenvalue weighted by Gasteiger charge is -2.04. The molecule has 1 aromatic heterocycles. The van der Waals surface area contributed by atoms with Crippen molar-refractivity contribution in [1.82, 2.24) is 4.57 Å². The number of hydrogen-bond acceptors (Lipinski definition) is 2. The molecule has 0 fully saturated rings. The van der Waals surface area contributed by atoms with Gasteiger partial charge in [0.25, 0.3) is 0 Å². The van der Waals surface area contributed by atoms with Crippen LogP contribution in [0.2, 0.25) is 0 Å². The Bertz CT molecular complexity index is 326. The van der Waals surface area contributed by atoms with Crippen LogP contribution in [0.15, 0.2) is 23.3 Å². The Labute approximate surface area is 63.3 Å². The quantitative estimate of drug-likeness (QED) is 0.610. The smallest absolute Gasteiger partial charge is 0.246 e. The Balaban J connectivity index is 2.46. The number of aliphatic imine (C=N–C) groups is 1. The van der Waals surface area contributed by atoms with Crippen LogP contribution in [0.25, 0.3) is 0 Å². The van der Waals surface area contributed by atoms with Crippen molar-refractivity contribution in [1.29, 1.82) is 0 Å². The Kier molecular flexibility index (Phi) is 1.09. The first-order valence-corrected chi connectivity index (χ1v) is 3.29. The van der Waals surface area contributed by atoms with Gasteiger partial charge in [0.1, 0.15) is 11.9 Å². The van der Waals surface area contributed by atoms with E-state index in [2.05, 4.69) is 4.99 Å². The summed E-state index contributed by atoms with van der Waals surface area (Å²) in [4.78, 5) is 14.8. The molecular formula is C7H7N3O. The van der Waals surface area contributed by atoms with Crippen molar-refractivity contribution in [2.75, 3.05) is 0 Å². The SMILES string of the molecule is NC(=O)C1C=Nc2cccn21. The highest BCUT2D eigenvalue weighted by molar-refractivity contribution is 5.97. The number of primary amides is 1. The predicted molar refractivity (Wildman–Crippen MR) is 40.8 cm³/mol. The van der Waals surface area contributed by atoms with Gasteiger partial charge < -0.3 is 10.3 Å². The molecule has 4 nitrogen and oxygen atoms in total. The Morgan fingerprint density at radius 2 is 2.55 bits per heavy atom. The summed E-state index contributed by atoms with van der Waals surface area (Å²) in [6, 6.07) is 3.28. The van der Waals surface area contributed by atoms with E-state index in [9.17, 15) is 4.79 Å². The molecule has 0 aromatic carbocycles. The number of carbonyl (C=O) groups is 1. The number of rotatable bonds is 1. The van der Waals surface area contributed by atoms with Crippen molar-refractivity contribution < 1.29 is 4.79 Å². The van der Waals surface area contributed by atoms with Crippen LogP contribution in [0.3, 0.4) is 0 Å². The van der Waals surface area contributed by atoms with Crippen molar-refractivity contribution in [3.05, 3.63) is 18.3 Å². The molecule has 0 saturated carbocycles. The van der Waals surface area contributed by atoms with Gasteiger partial charge in [0.15, 0.2) is 0 Å². The van der Waals surface area contributed by atoms with Gasteiger partial charge in [-0.3, -0.25) is 4.79 Å². The molecule has 0 bridgehead atoms. The van der Waals surface area contributed by atoms with E-state index >= 15 is 0 Å². The number of aromatic nitrogens is 1. The molecule has 56 valence electrons. The van der Waals surface area contributed by atoms with Crippen LogP contribution in [0.4, 0.5) is 5.82 Å². The maximum absolute atomic E-state index is 10.8. The van der Waals surface area contributed by atoms with Crippen LogP contribution in [-0.2, 0) is 4.79 Å². The molecular weight excluding hydrogens is 142 g/mol. The zero-order valence-corrected chi connectivity index (χ0v) is 5.77. The molecule has 2 heterocycles. The van der Waals surface area contributed by atoms with Crippen LogP contribution in [-0.4, -0.2) is 16.7 Å². The largest absolute Gasteiger partial charge is 0.368 e. The molecule has 0 spiro atoms. The lowest BCUT2D eigenvalue weighted by Crippen LogP contribution is -2.24. The van der Waals surface area contributed by atoms with Gasteiger partial charge in [-0.2, -0.15) is 0 Å². The molecule has 4 heteroatoms. The van der Waals surface area contributed by atoms with Gasteiger partial charge >= 0.3 is 0 Å². The second-order valence-corrected chi connectivity index (χ2v) is 2.40. The second kappa shape index (κ2) is 1.95. The predicted octanol–water partition coefficient (Wildman–Crippen LogP) is 0.230. The zero-order valence-electron chi connectivity index (χ0n) is 5.77. The highest BCUT2D eigenvalue weighted by Crippen LogP contribution is 2.23. The molecule has 0 saturated heterocycles. The number of fused-ring (bicyclic) bond motifs is 1. The minimum atomic E-state index is -0.389. The molecule has 0 aliphatic carbocycles. The van der Waals surface area contributed by atoms with Crippen LogP contribution >= 0.6 is 0 Å². The lowest BCUT2D eigenvalue weighted by atomic mass is 10.3. The number of nitrogens with zero attached hydrogens (tertiary/aromatic N) is 2. The number of hydrogen-bond donors (Lipinski definition) is 1. The molecule has 2 N–H and O–H groups in total.